The predicted molar refractivity (Wildman–Crippen MR) is 110 cm³/mol. The number of hydrogen-bond donors (Lipinski definition) is 3. The number of benzene rings is 2. The zero-order valence-corrected chi connectivity index (χ0v) is 15.6. The molecule has 0 amide bonds. The molecule has 3 N–H and O–H groups in total. The van der Waals surface area contributed by atoms with E-state index in [9.17, 15) is 0 Å². The van der Waals surface area contributed by atoms with Gasteiger partial charge in [-0.2, -0.15) is 0 Å². The van der Waals surface area contributed by atoms with Crippen molar-refractivity contribution in [3.63, 3.8) is 0 Å². The number of imidazole rings is 1. The maximum atomic E-state index is 5.83. The topological polar surface area (TPSA) is 78.6 Å². The standard InChI is InChI=1S/C20H14BrN5O/c21-12-3-5-16-15(8-12)19(11-23-16)26-20-24-17-6-4-13(9-18(17)25-20)27-14-2-1-7-22-10-14/h1-11,23H,(H2,24,25,26). The Kier molecular flexibility index (Phi) is 3.79. The lowest BCUT2D eigenvalue weighted by atomic mass is 10.2. The minimum absolute atomic E-state index is 0.671. The number of ether oxygens (including phenoxy) is 1. The van der Waals surface area contributed by atoms with E-state index in [1.54, 1.807) is 12.4 Å². The summed E-state index contributed by atoms with van der Waals surface area (Å²) in [6, 6.07) is 15.6. The number of rotatable bonds is 4. The largest absolute Gasteiger partial charge is 0.456 e. The lowest BCUT2D eigenvalue weighted by molar-refractivity contribution is 0.481. The van der Waals surface area contributed by atoms with Gasteiger partial charge in [0, 0.05) is 33.8 Å². The highest BCUT2D eigenvalue weighted by atomic mass is 79.9. The molecular formula is C20H14BrN5O. The first-order chi connectivity index (χ1) is 13.2. The number of nitrogens with zero attached hydrogens (tertiary/aromatic N) is 2. The van der Waals surface area contributed by atoms with Crippen LogP contribution in [0.1, 0.15) is 0 Å². The smallest absolute Gasteiger partial charge is 0.205 e. The third-order valence-electron chi connectivity index (χ3n) is 4.22. The molecule has 0 bridgehead atoms. The molecule has 2 aromatic carbocycles. The Balaban J connectivity index is 1.45. The van der Waals surface area contributed by atoms with Crippen molar-refractivity contribution < 1.29 is 4.74 Å². The minimum atomic E-state index is 0.671. The lowest BCUT2D eigenvalue weighted by Gasteiger charge is -2.03. The summed E-state index contributed by atoms with van der Waals surface area (Å²) in [6.45, 7) is 0. The number of aromatic amines is 2. The summed E-state index contributed by atoms with van der Waals surface area (Å²) in [7, 11) is 0. The first-order valence-electron chi connectivity index (χ1n) is 8.36. The van der Waals surface area contributed by atoms with Crippen molar-refractivity contribution in [3.05, 3.63) is 71.6 Å². The monoisotopic (exact) mass is 419 g/mol. The average molecular weight is 420 g/mol. The molecule has 0 saturated heterocycles. The van der Waals surface area contributed by atoms with Crippen LogP contribution in [0, 0.1) is 0 Å². The summed E-state index contributed by atoms with van der Waals surface area (Å²) in [5.74, 6) is 2.07. The molecule has 0 radical (unpaired) electrons. The van der Waals surface area contributed by atoms with Crippen LogP contribution in [0.25, 0.3) is 21.9 Å². The van der Waals surface area contributed by atoms with E-state index in [2.05, 4.69) is 47.2 Å². The second-order valence-corrected chi connectivity index (χ2v) is 6.99. The van der Waals surface area contributed by atoms with Gasteiger partial charge in [0.05, 0.1) is 22.9 Å². The summed E-state index contributed by atoms with van der Waals surface area (Å²) in [5, 5.41) is 4.43. The molecule has 0 unspecified atom stereocenters. The first-order valence-corrected chi connectivity index (χ1v) is 9.15. The third kappa shape index (κ3) is 3.13. The van der Waals surface area contributed by atoms with Crippen molar-refractivity contribution in [2.45, 2.75) is 0 Å². The fraction of sp³-hybridized carbons (Fsp3) is 0. The molecule has 132 valence electrons. The van der Waals surface area contributed by atoms with Gasteiger partial charge in [0.15, 0.2) is 0 Å². The van der Waals surface area contributed by atoms with Crippen molar-refractivity contribution in [1.29, 1.82) is 0 Å². The molecule has 27 heavy (non-hydrogen) atoms. The van der Waals surface area contributed by atoms with Crippen LogP contribution in [-0.2, 0) is 0 Å². The van der Waals surface area contributed by atoms with Gasteiger partial charge in [-0.05, 0) is 42.5 Å². The maximum absolute atomic E-state index is 5.83. The minimum Gasteiger partial charge on any atom is -0.456 e. The number of H-pyrrole nitrogens is 2. The molecule has 0 aliphatic carbocycles. The third-order valence-corrected chi connectivity index (χ3v) is 4.71. The number of nitrogens with one attached hydrogen (secondary N) is 3. The molecule has 0 aliphatic heterocycles. The summed E-state index contributed by atoms with van der Waals surface area (Å²) in [4.78, 5) is 15.2. The van der Waals surface area contributed by atoms with Crippen molar-refractivity contribution >= 4 is 49.5 Å². The fourth-order valence-corrected chi connectivity index (χ4v) is 3.34. The van der Waals surface area contributed by atoms with E-state index in [0.29, 0.717) is 17.4 Å². The molecule has 0 saturated carbocycles. The molecule has 0 fully saturated rings. The molecule has 3 aromatic heterocycles. The fourth-order valence-electron chi connectivity index (χ4n) is 2.98. The van der Waals surface area contributed by atoms with Crippen molar-refractivity contribution in [2.24, 2.45) is 0 Å². The highest BCUT2D eigenvalue weighted by Gasteiger charge is 2.09. The molecular weight excluding hydrogens is 406 g/mol. The molecule has 6 nitrogen and oxygen atoms in total. The number of aromatic nitrogens is 4. The lowest BCUT2D eigenvalue weighted by Crippen LogP contribution is -1.90. The van der Waals surface area contributed by atoms with Gasteiger partial charge in [0.1, 0.15) is 11.5 Å². The SMILES string of the molecule is Brc1ccc2[nH]cc(Nc3nc4cc(Oc5cccnc5)ccc4[nH]3)c2c1. The normalized spacial score (nSPS) is 11.1. The Morgan fingerprint density at radius 1 is 1.00 bits per heavy atom. The van der Waals surface area contributed by atoms with Crippen molar-refractivity contribution in [1.82, 2.24) is 19.9 Å². The molecule has 0 atom stereocenters. The van der Waals surface area contributed by atoms with Gasteiger partial charge in [-0.25, -0.2) is 4.98 Å². The zero-order valence-electron chi connectivity index (χ0n) is 14.0. The Hall–Kier alpha value is -3.32. The maximum Gasteiger partial charge on any atom is 0.205 e. The van der Waals surface area contributed by atoms with Gasteiger partial charge in [-0.1, -0.05) is 15.9 Å². The van der Waals surface area contributed by atoms with Crippen LogP contribution in [0.4, 0.5) is 11.6 Å². The van der Waals surface area contributed by atoms with E-state index in [0.717, 1.165) is 32.1 Å². The molecule has 0 spiro atoms. The van der Waals surface area contributed by atoms with E-state index in [1.165, 1.54) is 0 Å². The quantitative estimate of drug-likeness (QED) is 0.347. The molecule has 5 rings (SSSR count). The number of pyridine rings is 1. The summed E-state index contributed by atoms with van der Waals surface area (Å²) in [5.41, 5.74) is 3.76. The predicted octanol–water partition coefficient (Wildman–Crippen LogP) is 5.74. The summed E-state index contributed by atoms with van der Waals surface area (Å²) >= 11 is 3.52. The Morgan fingerprint density at radius 2 is 1.93 bits per heavy atom. The van der Waals surface area contributed by atoms with Crippen LogP contribution >= 0.6 is 15.9 Å². The van der Waals surface area contributed by atoms with E-state index in [4.69, 9.17) is 4.74 Å². The number of hydrogen-bond acceptors (Lipinski definition) is 4. The zero-order chi connectivity index (χ0) is 18.2. The van der Waals surface area contributed by atoms with E-state index in [1.807, 2.05) is 48.7 Å². The molecule has 0 aliphatic rings. The van der Waals surface area contributed by atoms with Gasteiger partial charge in [-0.3, -0.25) is 4.98 Å². The van der Waals surface area contributed by atoms with Gasteiger partial charge >= 0.3 is 0 Å². The second-order valence-electron chi connectivity index (χ2n) is 6.07. The van der Waals surface area contributed by atoms with Gasteiger partial charge in [0.2, 0.25) is 5.95 Å². The van der Waals surface area contributed by atoms with Gasteiger partial charge in [-0.15, -0.1) is 0 Å². The van der Waals surface area contributed by atoms with Gasteiger partial charge in [0.25, 0.3) is 0 Å². The van der Waals surface area contributed by atoms with Crippen LogP contribution in [-0.4, -0.2) is 19.9 Å². The van der Waals surface area contributed by atoms with Crippen LogP contribution in [0.15, 0.2) is 71.6 Å². The Bertz CT molecular complexity index is 1250. The Morgan fingerprint density at radius 3 is 2.81 bits per heavy atom. The van der Waals surface area contributed by atoms with Crippen LogP contribution in [0.3, 0.4) is 0 Å². The second kappa shape index (κ2) is 6.44. The van der Waals surface area contributed by atoms with E-state index < -0.39 is 0 Å². The number of anilines is 2. The molecule has 7 heteroatoms. The van der Waals surface area contributed by atoms with Crippen molar-refractivity contribution in [3.8, 4) is 11.5 Å². The van der Waals surface area contributed by atoms with Crippen LogP contribution < -0.4 is 10.1 Å². The van der Waals surface area contributed by atoms with Gasteiger partial charge < -0.3 is 20.0 Å². The highest BCUT2D eigenvalue weighted by Crippen LogP contribution is 2.30. The highest BCUT2D eigenvalue weighted by molar-refractivity contribution is 9.10. The van der Waals surface area contributed by atoms with E-state index >= 15 is 0 Å². The van der Waals surface area contributed by atoms with E-state index in [-0.39, 0.29) is 0 Å². The van der Waals surface area contributed by atoms with Crippen LogP contribution in [0.5, 0.6) is 11.5 Å². The van der Waals surface area contributed by atoms with Crippen molar-refractivity contribution in [2.75, 3.05) is 5.32 Å². The average Bonchev–Trinajstić information content (AvgIpc) is 3.26. The van der Waals surface area contributed by atoms with Crippen LogP contribution in [0.2, 0.25) is 0 Å². The first kappa shape index (κ1) is 15.9. The Labute approximate surface area is 162 Å². The summed E-state index contributed by atoms with van der Waals surface area (Å²) in [6.07, 6.45) is 5.32. The molecule has 3 heterocycles. The summed E-state index contributed by atoms with van der Waals surface area (Å²) < 4.78 is 6.85. The number of halogens is 1. The molecule has 5 aromatic rings. The number of fused-ring (bicyclic) bond motifs is 2.